The van der Waals surface area contributed by atoms with Crippen LogP contribution in [0, 0.1) is 5.92 Å². The summed E-state index contributed by atoms with van der Waals surface area (Å²) in [6.07, 6.45) is 3.23. The first kappa shape index (κ1) is 9.36. The van der Waals surface area contributed by atoms with E-state index in [1.165, 1.54) is 24.2 Å². The van der Waals surface area contributed by atoms with Gasteiger partial charge in [0.2, 0.25) is 0 Å². The SMILES string of the molecule is O=Cc1ccc(N2CC(O)(C3CC3)C2)s1. The van der Waals surface area contributed by atoms with Crippen molar-refractivity contribution in [3.63, 3.8) is 0 Å². The summed E-state index contributed by atoms with van der Waals surface area (Å²) in [5.74, 6) is 0.527. The van der Waals surface area contributed by atoms with Gasteiger partial charge < -0.3 is 10.0 Å². The summed E-state index contributed by atoms with van der Waals surface area (Å²) in [4.78, 5) is 13.4. The molecule has 1 aliphatic heterocycles. The summed E-state index contributed by atoms with van der Waals surface area (Å²) in [5.41, 5.74) is -0.439. The Bertz CT molecular complexity index is 391. The van der Waals surface area contributed by atoms with E-state index in [-0.39, 0.29) is 0 Å². The van der Waals surface area contributed by atoms with Gasteiger partial charge in [-0.05, 0) is 30.9 Å². The number of anilines is 1. The highest BCUT2D eigenvalue weighted by molar-refractivity contribution is 7.17. The van der Waals surface area contributed by atoms with Crippen molar-refractivity contribution < 1.29 is 9.90 Å². The number of aliphatic hydroxyl groups is 1. The molecule has 80 valence electrons. The maximum atomic E-state index is 10.5. The maximum absolute atomic E-state index is 10.5. The number of carbonyl (C=O) groups excluding carboxylic acids is 1. The minimum atomic E-state index is -0.439. The van der Waals surface area contributed by atoms with Gasteiger partial charge in [0.05, 0.1) is 9.88 Å². The van der Waals surface area contributed by atoms with E-state index >= 15 is 0 Å². The third-order valence-corrected chi connectivity index (χ3v) is 4.38. The van der Waals surface area contributed by atoms with Crippen LogP contribution in [0.5, 0.6) is 0 Å². The second-order valence-electron chi connectivity index (χ2n) is 4.53. The Balaban J connectivity index is 1.68. The molecule has 0 aromatic carbocycles. The van der Waals surface area contributed by atoms with Gasteiger partial charge in [-0.1, -0.05) is 0 Å². The molecule has 1 N–H and O–H groups in total. The van der Waals surface area contributed by atoms with Crippen LogP contribution in [0.15, 0.2) is 12.1 Å². The fourth-order valence-electron chi connectivity index (χ4n) is 2.22. The van der Waals surface area contributed by atoms with E-state index in [1.54, 1.807) is 0 Å². The van der Waals surface area contributed by atoms with E-state index in [9.17, 15) is 9.90 Å². The number of rotatable bonds is 3. The molecule has 15 heavy (non-hydrogen) atoms. The lowest BCUT2D eigenvalue weighted by Crippen LogP contribution is -2.63. The third kappa shape index (κ3) is 1.48. The van der Waals surface area contributed by atoms with Crippen LogP contribution in [0.2, 0.25) is 0 Å². The summed E-state index contributed by atoms with van der Waals surface area (Å²) < 4.78 is 0. The van der Waals surface area contributed by atoms with Crippen LogP contribution in [-0.2, 0) is 0 Å². The van der Waals surface area contributed by atoms with E-state index in [0.29, 0.717) is 5.92 Å². The molecule has 1 aromatic rings. The monoisotopic (exact) mass is 223 g/mol. The topological polar surface area (TPSA) is 40.5 Å². The first-order chi connectivity index (χ1) is 7.21. The molecule has 3 rings (SSSR count). The van der Waals surface area contributed by atoms with E-state index < -0.39 is 5.60 Å². The average Bonchev–Trinajstić information content (AvgIpc) is 2.93. The molecule has 2 aliphatic rings. The van der Waals surface area contributed by atoms with Gasteiger partial charge in [-0.15, -0.1) is 11.3 Å². The summed E-state index contributed by atoms with van der Waals surface area (Å²) in [5, 5.41) is 11.2. The zero-order valence-corrected chi connectivity index (χ0v) is 9.17. The van der Waals surface area contributed by atoms with Crippen molar-refractivity contribution in [1.29, 1.82) is 0 Å². The lowest BCUT2D eigenvalue weighted by molar-refractivity contribution is -0.00892. The minimum absolute atomic E-state index is 0.439. The Kier molecular flexibility index (Phi) is 1.91. The third-order valence-electron chi connectivity index (χ3n) is 3.31. The van der Waals surface area contributed by atoms with Crippen LogP contribution in [0.4, 0.5) is 5.00 Å². The summed E-state index contributed by atoms with van der Waals surface area (Å²) in [6.45, 7) is 1.47. The summed E-state index contributed by atoms with van der Waals surface area (Å²) in [6, 6.07) is 3.79. The van der Waals surface area contributed by atoms with E-state index in [4.69, 9.17) is 0 Å². The number of β-amino-alcohol motifs (C(OH)–C–C–N with tert-alkyl or cyclic N) is 1. The molecule has 0 bridgehead atoms. The number of hydrogen-bond acceptors (Lipinski definition) is 4. The summed E-state index contributed by atoms with van der Waals surface area (Å²) >= 11 is 1.50. The average molecular weight is 223 g/mol. The van der Waals surface area contributed by atoms with Crippen molar-refractivity contribution >= 4 is 22.6 Å². The molecule has 3 nitrogen and oxygen atoms in total. The summed E-state index contributed by atoms with van der Waals surface area (Å²) in [7, 11) is 0. The second-order valence-corrected chi connectivity index (χ2v) is 5.62. The van der Waals surface area contributed by atoms with E-state index in [1.807, 2.05) is 12.1 Å². The van der Waals surface area contributed by atoms with Crippen molar-refractivity contribution in [3.05, 3.63) is 17.0 Å². The Morgan fingerprint density at radius 3 is 2.73 bits per heavy atom. The molecule has 0 amide bonds. The van der Waals surface area contributed by atoms with Crippen LogP contribution >= 0.6 is 11.3 Å². The first-order valence-electron chi connectivity index (χ1n) is 5.24. The number of aldehydes is 1. The zero-order chi connectivity index (χ0) is 10.5. The number of carbonyl (C=O) groups is 1. The van der Waals surface area contributed by atoms with Gasteiger partial charge in [0.25, 0.3) is 0 Å². The van der Waals surface area contributed by atoms with Gasteiger partial charge in [-0.3, -0.25) is 4.79 Å². The fraction of sp³-hybridized carbons (Fsp3) is 0.545. The van der Waals surface area contributed by atoms with Gasteiger partial charge in [-0.2, -0.15) is 0 Å². The molecule has 0 spiro atoms. The number of hydrogen-bond donors (Lipinski definition) is 1. The smallest absolute Gasteiger partial charge is 0.160 e. The molecule has 1 saturated carbocycles. The van der Waals surface area contributed by atoms with Crippen molar-refractivity contribution in [2.24, 2.45) is 5.92 Å². The van der Waals surface area contributed by atoms with Crippen LogP contribution < -0.4 is 4.90 Å². The van der Waals surface area contributed by atoms with Crippen LogP contribution in [0.25, 0.3) is 0 Å². The van der Waals surface area contributed by atoms with Gasteiger partial charge in [0.1, 0.15) is 5.60 Å². The molecule has 0 atom stereocenters. The molecule has 2 heterocycles. The van der Waals surface area contributed by atoms with E-state index in [2.05, 4.69) is 4.90 Å². The normalized spacial score (nSPS) is 23.7. The van der Waals surface area contributed by atoms with E-state index in [0.717, 1.165) is 29.3 Å². The van der Waals surface area contributed by atoms with Crippen LogP contribution in [0.3, 0.4) is 0 Å². The Morgan fingerprint density at radius 1 is 1.47 bits per heavy atom. The van der Waals surface area contributed by atoms with Gasteiger partial charge >= 0.3 is 0 Å². The standard InChI is InChI=1S/C11H13NO2S/c13-5-9-3-4-10(15-9)12-6-11(14,7-12)8-1-2-8/h3-5,8,14H,1-2,6-7H2. The number of thiophene rings is 1. The molecule has 2 fully saturated rings. The Morgan fingerprint density at radius 2 is 2.20 bits per heavy atom. The van der Waals surface area contributed by atoms with Crippen LogP contribution in [0.1, 0.15) is 22.5 Å². The minimum Gasteiger partial charge on any atom is -0.386 e. The van der Waals surface area contributed by atoms with Gasteiger partial charge in [-0.25, -0.2) is 0 Å². The molecule has 1 saturated heterocycles. The number of nitrogens with zero attached hydrogens (tertiary/aromatic N) is 1. The molecule has 1 aliphatic carbocycles. The molecule has 4 heteroatoms. The molecule has 1 aromatic heterocycles. The van der Waals surface area contributed by atoms with Crippen molar-refractivity contribution in [2.75, 3.05) is 18.0 Å². The highest BCUT2D eigenvalue weighted by Gasteiger charge is 2.52. The lowest BCUT2D eigenvalue weighted by atomic mass is 9.89. The highest BCUT2D eigenvalue weighted by atomic mass is 32.1. The second kappa shape index (κ2) is 3.06. The molecular formula is C11H13NO2S. The quantitative estimate of drug-likeness (QED) is 0.790. The maximum Gasteiger partial charge on any atom is 0.160 e. The predicted octanol–water partition coefficient (Wildman–Crippen LogP) is 1.52. The highest BCUT2D eigenvalue weighted by Crippen LogP contribution is 2.46. The van der Waals surface area contributed by atoms with Gasteiger partial charge in [0, 0.05) is 13.1 Å². The molecule has 0 radical (unpaired) electrons. The lowest BCUT2D eigenvalue weighted by Gasteiger charge is -2.47. The molecule has 0 unspecified atom stereocenters. The van der Waals surface area contributed by atoms with Crippen molar-refractivity contribution in [2.45, 2.75) is 18.4 Å². The predicted molar refractivity (Wildman–Crippen MR) is 59.6 cm³/mol. The first-order valence-corrected chi connectivity index (χ1v) is 6.05. The fourth-order valence-corrected chi connectivity index (χ4v) is 3.04. The Hall–Kier alpha value is -0.870. The van der Waals surface area contributed by atoms with Gasteiger partial charge in [0.15, 0.2) is 6.29 Å². The zero-order valence-electron chi connectivity index (χ0n) is 8.35. The molecular weight excluding hydrogens is 210 g/mol. The van der Waals surface area contributed by atoms with Crippen LogP contribution in [-0.4, -0.2) is 30.1 Å². The van der Waals surface area contributed by atoms with Crippen molar-refractivity contribution in [1.82, 2.24) is 0 Å². The Labute approximate surface area is 92.3 Å². The van der Waals surface area contributed by atoms with Crippen molar-refractivity contribution in [3.8, 4) is 0 Å². The largest absolute Gasteiger partial charge is 0.386 e.